The first kappa shape index (κ1) is 13.3. The molecule has 1 aliphatic carbocycles. The summed E-state index contributed by atoms with van der Waals surface area (Å²) in [6.07, 6.45) is 5.36. The number of fused-ring (bicyclic) bond motifs is 1. The van der Waals surface area contributed by atoms with E-state index in [1.165, 1.54) is 29.7 Å². The summed E-state index contributed by atoms with van der Waals surface area (Å²) in [5, 5.41) is 11.8. The van der Waals surface area contributed by atoms with Crippen molar-refractivity contribution in [2.75, 3.05) is 7.05 Å². The van der Waals surface area contributed by atoms with Gasteiger partial charge in [0.25, 0.3) is 0 Å². The highest BCUT2D eigenvalue weighted by Gasteiger charge is 2.31. The third-order valence-corrected chi connectivity index (χ3v) is 4.29. The number of benzene rings is 1. The summed E-state index contributed by atoms with van der Waals surface area (Å²) >= 11 is 0. The topological polar surface area (TPSA) is 42.7 Å². The largest absolute Gasteiger partial charge is 0.311 e. The number of hydrogen-bond acceptors (Lipinski definition) is 3. The Bertz CT molecular complexity index is 575. The van der Waals surface area contributed by atoms with Gasteiger partial charge >= 0.3 is 0 Å². The maximum Gasteiger partial charge on any atom is 0.0762 e. The summed E-state index contributed by atoms with van der Waals surface area (Å²) < 4.78 is 2.04. The molecule has 0 saturated carbocycles. The Morgan fingerprint density at radius 1 is 1.40 bits per heavy atom. The lowest BCUT2D eigenvalue weighted by Gasteiger charge is -2.24. The second-order valence-corrected chi connectivity index (χ2v) is 5.49. The molecule has 1 heterocycles. The normalized spacial score (nSPS) is 19.0. The summed E-state index contributed by atoms with van der Waals surface area (Å²) in [6.45, 7) is 3.10. The number of nitrogens with zero attached hydrogens (tertiary/aromatic N) is 3. The van der Waals surface area contributed by atoms with Crippen LogP contribution in [0.1, 0.15) is 48.5 Å². The number of aromatic nitrogens is 3. The van der Waals surface area contributed by atoms with E-state index in [4.69, 9.17) is 0 Å². The van der Waals surface area contributed by atoms with Gasteiger partial charge in [-0.15, -0.1) is 5.10 Å². The highest BCUT2D eigenvalue weighted by atomic mass is 15.4. The Balaban J connectivity index is 1.93. The molecule has 1 aliphatic rings. The molecule has 2 aromatic rings. The minimum Gasteiger partial charge on any atom is -0.311 e. The molecule has 1 aromatic carbocycles. The summed E-state index contributed by atoms with van der Waals surface area (Å²) in [4.78, 5) is 0. The van der Waals surface area contributed by atoms with Gasteiger partial charge in [0.1, 0.15) is 0 Å². The van der Waals surface area contributed by atoms with Crippen molar-refractivity contribution < 1.29 is 0 Å². The number of aryl methyl sites for hydroxylation is 2. The lowest BCUT2D eigenvalue weighted by atomic mass is 9.91. The lowest BCUT2D eigenvalue weighted by Crippen LogP contribution is -2.25. The number of hydrogen-bond donors (Lipinski definition) is 1. The highest BCUT2D eigenvalue weighted by molar-refractivity contribution is 5.37. The van der Waals surface area contributed by atoms with Gasteiger partial charge in [-0.2, -0.15) is 0 Å². The molecule has 1 N–H and O–H groups in total. The van der Waals surface area contributed by atoms with Crippen LogP contribution in [0.25, 0.3) is 0 Å². The third-order valence-electron chi connectivity index (χ3n) is 4.29. The first-order valence-electron chi connectivity index (χ1n) is 7.48. The molecule has 4 heteroatoms. The van der Waals surface area contributed by atoms with Crippen molar-refractivity contribution in [1.82, 2.24) is 20.3 Å². The molecule has 3 rings (SSSR count). The predicted octanol–water partition coefficient (Wildman–Crippen LogP) is 2.68. The van der Waals surface area contributed by atoms with Gasteiger partial charge < -0.3 is 5.32 Å². The number of likely N-dealkylation sites (N-methyl/N-ethyl adjacent to an activating group) is 1. The first-order chi connectivity index (χ1) is 9.85. The highest BCUT2D eigenvalue weighted by Crippen LogP contribution is 2.41. The summed E-state index contributed by atoms with van der Waals surface area (Å²) in [5.74, 6) is 0.519. The molecule has 0 aliphatic heterocycles. The standard InChI is InChI=1S/C16H22N4/c1-3-10-20-15(11-18-19-20)16(17-2)14-9-8-12-6-4-5-7-13(12)14/h4-7,11,14,16-17H,3,8-10H2,1-2H3. The fourth-order valence-corrected chi connectivity index (χ4v) is 3.38. The van der Waals surface area contributed by atoms with E-state index in [0.717, 1.165) is 13.0 Å². The van der Waals surface area contributed by atoms with Crippen LogP contribution in [0.15, 0.2) is 30.5 Å². The maximum absolute atomic E-state index is 4.23. The van der Waals surface area contributed by atoms with E-state index in [2.05, 4.69) is 46.8 Å². The minimum absolute atomic E-state index is 0.292. The Kier molecular flexibility index (Phi) is 3.83. The van der Waals surface area contributed by atoms with Gasteiger partial charge in [0.05, 0.1) is 17.9 Å². The molecule has 0 saturated heterocycles. The average molecular weight is 270 g/mol. The van der Waals surface area contributed by atoms with E-state index in [1.807, 2.05) is 17.9 Å². The molecule has 20 heavy (non-hydrogen) atoms. The Morgan fingerprint density at radius 2 is 2.25 bits per heavy atom. The van der Waals surface area contributed by atoms with Crippen molar-refractivity contribution in [3.63, 3.8) is 0 Å². The van der Waals surface area contributed by atoms with Crippen LogP contribution >= 0.6 is 0 Å². The summed E-state index contributed by atoms with van der Waals surface area (Å²) in [6, 6.07) is 9.10. The van der Waals surface area contributed by atoms with Crippen molar-refractivity contribution in [2.45, 2.75) is 44.7 Å². The average Bonchev–Trinajstić information content (AvgIpc) is 3.09. The van der Waals surface area contributed by atoms with E-state index in [0.29, 0.717) is 12.0 Å². The fourth-order valence-electron chi connectivity index (χ4n) is 3.38. The predicted molar refractivity (Wildman–Crippen MR) is 79.6 cm³/mol. The lowest BCUT2D eigenvalue weighted by molar-refractivity contribution is 0.429. The van der Waals surface area contributed by atoms with Crippen molar-refractivity contribution in [2.24, 2.45) is 0 Å². The zero-order chi connectivity index (χ0) is 13.9. The molecule has 0 fully saturated rings. The van der Waals surface area contributed by atoms with Gasteiger partial charge in [0.2, 0.25) is 0 Å². The molecule has 106 valence electrons. The van der Waals surface area contributed by atoms with Crippen LogP contribution in [0.2, 0.25) is 0 Å². The quantitative estimate of drug-likeness (QED) is 0.908. The van der Waals surface area contributed by atoms with E-state index < -0.39 is 0 Å². The smallest absolute Gasteiger partial charge is 0.0762 e. The Hall–Kier alpha value is -1.68. The van der Waals surface area contributed by atoms with Gasteiger partial charge in [0, 0.05) is 12.5 Å². The van der Waals surface area contributed by atoms with Crippen LogP contribution < -0.4 is 5.32 Å². The van der Waals surface area contributed by atoms with Crippen LogP contribution in [-0.2, 0) is 13.0 Å². The number of nitrogens with one attached hydrogen (secondary N) is 1. The van der Waals surface area contributed by atoms with Crippen LogP contribution in [0, 0.1) is 0 Å². The molecule has 0 radical (unpaired) electrons. The monoisotopic (exact) mass is 270 g/mol. The van der Waals surface area contributed by atoms with Crippen molar-refractivity contribution in [1.29, 1.82) is 0 Å². The number of rotatable bonds is 5. The zero-order valence-electron chi connectivity index (χ0n) is 12.2. The molecule has 2 atom stereocenters. The van der Waals surface area contributed by atoms with E-state index in [1.54, 1.807) is 0 Å². The van der Waals surface area contributed by atoms with Crippen LogP contribution in [-0.4, -0.2) is 22.0 Å². The fraction of sp³-hybridized carbons (Fsp3) is 0.500. The van der Waals surface area contributed by atoms with E-state index in [-0.39, 0.29) is 0 Å². The zero-order valence-corrected chi connectivity index (χ0v) is 12.2. The third kappa shape index (κ3) is 2.24. The molecular formula is C16H22N4. The van der Waals surface area contributed by atoms with Crippen LogP contribution in [0.3, 0.4) is 0 Å². The molecule has 0 amide bonds. The summed E-state index contributed by atoms with van der Waals surface area (Å²) in [7, 11) is 2.04. The van der Waals surface area contributed by atoms with E-state index in [9.17, 15) is 0 Å². The molecular weight excluding hydrogens is 248 g/mol. The molecule has 0 spiro atoms. The Labute approximate surface area is 120 Å². The first-order valence-corrected chi connectivity index (χ1v) is 7.48. The van der Waals surface area contributed by atoms with Gasteiger partial charge in [-0.25, -0.2) is 4.68 Å². The van der Waals surface area contributed by atoms with Crippen molar-refractivity contribution >= 4 is 0 Å². The van der Waals surface area contributed by atoms with Gasteiger partial charge in [-0.3, -0.25) is 0 Å². The van der Waals surface area contributed by atoms with Crippen LogP contribution in [0.4, 0.5) is 0 Å². The van der Waals surface area contributed by atoms with Crippen LogP contribution in [0.5, 0.6) is 0 Å². The maximum atomic E-state index is 4.23. The molecule has 0 bridgehead atoms. The minimum atomic E-state index is 0.292. The van der Waals surface area contributed by atoms with Gasteiger partial charge in [-0.1, -0.05) is 36.4 Å². The SMILES string of the molecule is CCCn1nncc1C(NC)C1CCc2ccccc21. The molecule has 2 unspecified atom stereocenters. The summed E-state index contributed by atoms with van der Waals surface area (Å²) in [5.41, 5.74) is 4.18. The van der Waals surface area contributed by atoms with Gasteiger partial charge in [-0.05, 0) is 37.4 Å². The van der Waals surface area contributed by atoms with E-state index >= 15 is 0 Å². The second kappa shape index (κ2) is 5.75. The Morgan fingerprint density at radius 3 is 3.05 bits per heavy atom. The van der Waals surface area contributed by atoms with Crippen molar-refractivity contribution in [3.05, 3.63) is 47.3 Å². The van der Waals surface area contributed by atoms with Crippen molar-refractivity contribution in [3.8, 4) is 0 Å². The molecule has 1 aromatic heterocycles. The second-order valence-electron chi connectivity index (χ2n) is 5.49. The van der Waals surface area contributed by atoms with Gasteiger partial charge in [0.15, 0.2) is 0 Å². The molecule has 4 nitrogen and oxygen atoms in total.